The Morgan fingerprint density at radius 1 is 1.21 bits per heavy atom. The Hall–Kier alpha value is -2.04. The molecule has 24 heavy (non-hydrogen) atoms. The van der Waals surface area contributed by atoms with Crippen molar-refractivity contribution in [1.29, 1.82) is 0 Å². The summed E-state index contributed by atoms with van der Waals surface area (Å²) >= 11 is 0. The van der Waals surface area contributed by atoms with Gasteiger partial charge in [-0.2, -0.15) is 0 Å². The van der Waals surface area contributed by atoms with E-state index >= 15 is 0 Å². The van der Waals surface area contributed by atoms with Crippen molar-refractivity contribution in [2.75, 3.05) is 27.2 Å². The van der Waals surface area contributed by atoms with E-state index in [9.17, 15) is 9.59 Å². The molecule has 0 heterocycles. The van der Waals surface area contributed by atoms with E-state index in [0.717, 1.165) is 43.4 Å². The number of hydrogen-bond donors (Lipinski definition) is 1. The quantitative estimate of drug-likeness (QED) is 0.834. The fourth-order valence-electron chi connectivity index (χ4n) is 3.59. The third-order valence-corrected chi connectivity index (χ3v) is 4.90. The molecule has 0 radical (unpaired) electrons. The van der Waals surface area contributed by atoms with Crippen LogP contribution in [0.15, 0.2) is 24.3 Å². The molecule has 0 unspecified atom stereocenters. The number of nitrogens with zero attached hydrogens (tertiary/aromatic N) is 1. The van der Waals surface area contributed by atoms with Crippen LogP contribution >= 0.6 is 0 Å². The van der Waals surface area contributed by atoms with E-state index in [1.54, 1.807) is 19.1 Å². The van der Waals surface area contributed by atoms with Gasteiger partial charge in [-0.1, -0.05) is 31.9 Å². The molecule has 5 nitrogen and oxygen atoms in total. The summed E-state index contributed by atoms with van der Waals surface area (Å²) in [7, 11) is 3.24. The molecule has 2 rings (SSSR count). The van der Waals surface area contributed by atoms with Crippen LogP contribution in [0.5, 0.6) is 5.75 Å². The van der Waals surface area contributed by atoms with Gasteiger partial charge in [-0.3, -0.25) is 9.59 Å². The zero-order valence-corrected chi connectivity index (χ0v) is 14.9. The molecular formula is C19H28N2O3. The maximum atomic E-state index is 13.4. The normalized spacial score (nSPS) is 15.8. The van der Waals surface area contributed by atoms with E-state index < -0.39 is 5.41 Å². The third-order valence-electron chi connectivity index (χ3n) is 4.90. The first-order chi connectivity index (χ1) is 11.6. The van der Waals surface area contributed by atoms with Gasteiger partial charge in [-0.05, 0) is 37.0 Å². The van der Waals surface area contributed by atoms with Gasteiger partial charge < -0.3 is 15.0 Å². The molecule has 2 amide bonds. The number of carbonyl (C=O) groups is 2. The molecule has 1 saturated carbocycles. The summed E-state index contributed by atoms with van der Waals surface area (Å²) in [6.45, 7) is 2.75. The minimum Gasteiger partial charge on any atom is -0.497 e. The molecule has 1 aromatic rings. The molecule has 1 fully saturated rings. The highest BCUT2D eigenvalue weighted by Gasteiger charge is 2.45. The Morgan fingerprint density at radius 2 is 1.83 bits per heavy atom. The van der Waals surface area contributed by atoms with Crippen molar-refractivity contribution in [3.8, 4) is 5.75 Å². The Bertz CT molecular complexity index is 562. The molecule has 1 aliphatic rings. The average Bonchev–Trinajstić information content (AvgIpc) is 3.11. The van der Waals surface area contributed by atoms with Gasteiger partial charge in [0.1, 0.15) is 5.75 Å². The van der Waals surface area contributed by atoms with Crippen LogP contribution in [0.25, 0.3) is 0 Å². The molecular weight excluding hydrogens is 304 g/mol. The summed E-state index contributed by atoms with van der Waals surface area (Å²) < 4.78 is 5.23. The highest BCUT2D eigenvalue weighted by molar-refractivity contribution is 5.92. The Labute approximate surface area is 144 Å². The topological polar surface area (TPSA) is 58.6 Å². The lowest BCUT2D eigenvalue weighted by molar-refractivity contribution is -0.141. The second-order valence-corrected chi connectivity index (χ2v) is 6.42. The average molecular weight is 332 g/mol. The van der Waals surface area contributed by atoms with E-state index in [4.69, 9.17) is 4.74 Å². The first-order valence-electron chi connectivity index (χ1n) is 8.72. The van der Waals surface area contributed by atoms with Crippen molar-refractivity contribution in [3.05, 3.63) is 29.8 Å². The minimum absolute atomic E-state index is 0.0793. The van der Waals surface area contributed by atoms with Crippen LogP contribution in [0.4, 0.5) is 0 Å². The molecule has 0 aliphatic heterocycles. The summed E-state index contributed by atoms with van der Waals surface area (Å²) in [5.74, 6) is 0.741. The van der Waals surface area contributed by atoms with E-state index in [1.165, 1.54) is 0 Å². The van der Waals surface area contributed by atoms with Crippen LogP contribution in [0, 0.1) is 0 Å². The number of hydrogen-bond acceptors (Lipinski definition) is 3. The summed E-state index contributed by atoms with van der Waals surface area (Å²) in [5.41, 5.74) is 0.527. The summed E-state index contributed by atoms with van der Waals surface area (Å²) in [6.07, 6.45) is 4.59. The van der Waals surface area contributed by atoms with Crippen molar-refractivity contribution < 1.29 is 14.3 Å². The second-order valence-electron chi connectivity index (χ2n) is 6.42. The van der Waals surface area contributed by atoms with Crippen molar-refractivity contribution in [1.82, 2.24) is 10.2 Å². The number of nitrogens with one attached hydrogen (secondary N) is 1. The van der Waals surface area contributed by atoms with Crippen LogP contribution in [-0.2, 0) is 15.0 Å². The summed E-state index contributed by atoms with van der Waals surface area (Å²) in [5, 5.41) is 2.62. The number of likely N-dealkylation sites (N-methyl/N-ethyl adjacent to an activating group) is 1. The summed E-state index contributed by atoms with van der Waals surface area (Å²) in [4.78, 5) is 26.9. The fourth-order valence-corrected chi connectivity index (χ4v) is 3.59. The fraction of sp³-hybridized carbons (Fsp3) is 0.579. The maximum absolute atomic E-state index is 13.4. The smallest absolute Gasteiger partial charge is 0.239 e. The molecule has 0 spiro atoms. The lowest BCUT2D eigenvalue weighted by Gasteiger charge is -2.34. The maximum Gasteiger partial charge on any atom is 0.239 e. The summed E-state index contributed by atoms with van der Waals surface area (Å²) in [6, 6.07) is 7.80. The van der Waals surface area contributed by atoms with Crippen molar-refractivity contribution >= 4 is 11.8 Å². The van der Waals surface area contributed by atoms with Gasteiger partial charge in [-0.25, -0.2) is 0 Å². The van der Waals surface area contributed by atoms with E-state index in [0.29, 0.717) is 6.54 Å². The predicted octanol–water partition coefficient (Wildman–Crippen LogP) is 2.49. The largest absolute Gasteiger partial charge is 0.497 e. The number of methoxy groups -OCH3 is 1. The van der Waals surface area contributed by atoms with Gasteiger partial charge in [0.2, 0.25) is 11.8 Å². The van der Waals surface area contributed by atoms with Crippen molar-refractivity contribution in [2.45, 2.75) is 44.4 Å². The van der Waals surface area contributed by atoms with E-state index in [2.05, 4.69) is 5.32 Å². The van der Waals surface area contributed by atoms with E-state index in [1.807, 2.05) is 31.2 Å². The number of amides is 2. The first kappa shape index (κ1) is 18.3. The Balaban J connectivity index is 2.32. The SMILES string of the molecule is CCCN(CC(=O)NC)C(=O)C1(c2ccc(OC)cc2)CCCC1. The van der Waals surface area contributed by atoms with Crippen molar-refractivity contribution in [2.24, 2.45) is 0 Å². The highest BCUT2D eigenvalue weighted by Crippen LogP contribution is 2.43. The Kier molecular flexibility index (Phi) is 6.23. The lowest BCUT2D eigenvalue weighted by atomic mass is 9.77. The molecule has 1 aromatic carbocycles. The van der Waals surface area contributed by atoms with Crippen LogP contribution < -0.4 is 10.1 Å². The van der Waals surface area contributed by atoms with Gasteiger partial charge in [0, 0.05) is 13.6 Å². The molecule has 132 valence electrons. The standard InChI is InChI=1S/C19H28N2O3/c1-4-13-21(14-17(22)20-2)18(23)19(11-5-6-12-19)15-7-9-16(24-3)10-8-15/h7-10H,4-6,11-14H2,1-3H3,(H,20,22). The van der Waals surface area contributed by atoms with Gasteiger partial charge in [0.05, 0.1) is 19.1 Å². The third kappa shape index (κ3) is 3.71. The van der Waals surface area contributed by atoms with Crippen LogP contribution in [0.2, 0.25) is 0 Å². The predicted molar refractivity (Wildman–Crippen MR) is 94.1 cm³/mol. The second kappa shape index (κ2) is 8.18. The van der Waals surface area contributed by atoms with Gasteiger partial charge in [-0.15, -0.1) is 0 Å². The van der Waals surface area contributed by atoms with Crippen LogP contribution in [0.1, 0.15) is 44.6 Å². The van der Waals surface area contributed by atoms with Crippen molar-refractivity contribution in [3.63, 3.8) is 0 Å². The molecule has 0 bridgehead atoms. The molecule has 1 aliphatic carbocycles. The number of ether oxygens (including phenoxy) is 1. The number of benzene rings is 1. The lowest BCUT2D eigenvalue weighted by Crippen LogP contribution is -2.49. The number of rotatable bonds is 7. The Morgan fingerprint density at radius 3 is 2.33 bits per heavy atom. The molecule has 0 saturated heterocycles. The molecule has 0 aromatic heterocycles. The molecule has 5 heteroatoms. The minimum atomic E-state index is -0.505. The van der Waals surface area contributed by atoms with Gasteiger partial charge >= 0.3 is 0 Å². The zero-order valence-electron chi connectivity index (χ0n) is 14.9. The molecule has 0 atom stereocenters. The van der Waals surface area contributed by atoms with Crippen LogP contribution in [0.3, 0.4) is 0 Å². The van der Waals surface area contributed by atoms with Gasteiger partial charge in [0.15, 0.2) is 0 Å². The zero-order chi connectivity index (χ0) is 17.6. The first-order valence-corrected chi connectivity index (χ1v) is 8.72. The van der Waals surface area contributed by atoms with Gasteiger partial charge in [0.25, 0.3) is 0 Å². The van der Waals surface area contributed by atoms with Crippen LogP contribution in [-0.4, -0.2) is 44.0 Å². The monoisotopic (exact) mass is 332 g/mol. The number of carbonyl (C=O) groups excluding carboxylic acids is 2. The molecule has 1 N–H and O–H groups in total. The van der Waals surface area contributed by atoms with E-state index in [-0.39, 0.29) is 18.4 Å². The highest BCUT2D eigenvalue weighted by atomic mass is 16.5.